The number of benzene rings is 1. The fourth-order valence-electron chi connectivity index (χ4n) is 1.49. The summed E-state index contributed by atoms with van der Waals surface area (Å²) in [4.78, 5) is 0. The van der Waals surface area contributed by atoms with Crippen molar-refractivity contribution in [1.29, 1.82) is 5.26 Å². The quantitative estimate of drug-likeness (QED) is 0.457. The van der Waals surface area contributed by atoms with E-state index in [2.05, 4.69) is 0 Å². The SMILES string of the molecule is N#C[B-]1(O)OCc2cc(F)ccc21.[Na+]. The molecule has 1 aromatic carbocycles. The van der Waals surface area contributed by atoms with Crippen molar-refractivity contribution in [2.45, 2.75) is 6.61 Å². The normalized spacial score (nSPS) is 23.5. The Morgan fingerprint density at radius 3 is 2.93 bits per heavy atom. The van der Waals surface area contributed by atoms with Gasteiger partial charge in [-0.1, -0.05) is 17.6 Å². The van der Waals surface area contributed by atoms with Crippen LogP contribution in [-0.4, -0.2) is 11.6 Å². The molecule has 14 heavy (non-hydrogen) atoms. The smallest absolute Gasteiger partial charge is 0.568 e. The Hall–Kier alpha value is -0.375. The molecular weight excluding hydrogens is 195 g/mol. The molecule has 1 aliphatic heterocycles. The van der Waals surface area contributed by atoms with Gasteiger partial charge in [0.05, 0.1) is 0 Å². The van der Waals surface area contributed by atoms with E-state index in [-0.39, 0.29) is 42.0 Å². The Morgan fingerprint density at radius 1 is 1.57 bits per heavy atom. The van der Waals surface area contributed by atoms with Crippen molar-refractivity contribution in [2.24, 2.45) is 0 Å². The van der Waals surface area contributed by atoms with Crippen LogP contribution in [-0.2, 0) is 11.3 Å². The van der Waals surface area contributed by atoms with Crippen LogP contribution in [0.4, 0.5) is 4.39 Å². The molecule has 3 nitrogen and oxygen atoms in total. The number of rotatable bonds is 0. The maximum atomic E-state index is 12.7. The zero-order chi connectivity index (χ0) is 9.47. The minimum Gasteiger partial charge on any atom is -0.568 e. The van der Waals surface area contributed by atoms with Crippen molar-refractivity contribution in [3.05, 3.63) is 29.6 Å². The Morgan fingerprint density at radius 2 is 2.29 bits per heavy atom. The fraction of sp³-hybridized carbons (Fsp3) is 0.125. The minimum absolute atomic E-state index is 0. The molecule has 2 rings (SSSR count). The van der Waals surface area contributed by atoms with E-state index in [0.717, 1.165) is 0 Å². The van der Waals surface area contributed by atoms with Crippen molar-refractivity contribution in [3.63, 3.8) is 0 Å². The third-order valence-electron chi connectivity index (χ3n) is 2.18. The third-order valence-corrected chi connectivity index (χ3v) is 2.18. The summed E-state index contributed by atoms with van der Waals surface area (Å²) in [7, 11) is 0. The molecule has 0 aliphatic carbocycles. The van der Waals surface area contributed by atoms with Gasteiger partial charge in [-0.15, -0.1) is 5.46 Å². The summed E-state index contributed by atoms with van der Waals surface area (Å²) < 4.78 is 17.6. The monoisotopic (exact) mass is 201 g/mol. The molecule has 1 unspecified atom stereocenters. The first kappa shape index (κ1) is 11.7. The van der Waals surface area contributed by atoms with Gasteiger partial charge in [-0.2, -0.15) is 0 Å². The number of fused-ring (bicyclic) bond motifs is 1. The average molecular weight is 201 g/mol. The molecule has 6 heteroatoms. The predicted molar refractivity (Wildman–Crippen MR) is 44.4 cm³/mol. The van der Waals surface area contributed by atoms with Crippen LogP contribution in [0.3, 0.4) is 0 Å². The molecule has 0 fully saturated rings. The number of halogens is 1. The zero-order valence-corrected chi connectivity index (χ0v) is 9.70. The first-order valence-corrected chi connectivity index (χ1v) is 3.86. The predicted octanol–water partition coefficient (Wildman–Crippen LogP) is -2.94. The van der Waals surface area contributed by atoms with Crippen LogP contribution in [0.5, 0.6) is 0 Å². The number of hydrogen-bond donors (Lipinski definition) is 1. The molecule has 1 atom stereocenters. The number of hydrogen-bond acceptors (Lipinski definition) is 3. The molecule has 0 saturated carbocycles. The van der Waals surface area contributed by atoms with Crippen LogP contribution in [0, 0.1) is 17.0 Å². The topological polar surface area (TPSA) is 53.2 Å². The Labute approximate surface area is 103 Å². The van der Waals surface area contributed by atoms with Crippen molar-refractivity contribution in [2.75, 3.05) is 0 Å². The van der Waals surface area contributed by atoms with E-state index in [0.29, 0.717) is 11.0 Å². The summed E-state index contributed by atoms with van der Waals surface area (Å²) in [6.45, 7) is -2.46. The van der Waals surface area contributed by atoms with Crippen molar-refractivity contribution < 1.29 is 43.6 Å². The second-order valence-electron chi connectivity index (χ2n) is 3.03. The fourth-order valence-corrected chi connectivity index (χ4v) is 1.49. The second kappa shape index (κ2) is 4.01. The molecule has 1 N–H and O–H groups in total. The van der Waals surface area contributed by atoms with Gasteiger partial charge in [0.1, 0.15) is 5.82 Å². The standard InChI is InChI=1S/C8H6BFNO2.Na/c10-7-1-2-8-6(3-7)4-13-9(8,12)5-11;/h1-3,12H,4H2;/q-1;+1. The largest absolute Gasteiger partial charge is 1.00 e. The maximum absolute atomic E-state index is 12.7. The molecule has 1 aromatic rings. The molecule has 1 heterocycles. The van der Waals surface area contributed by atoms with Gasteiger partial charge >= 0.3 is 36.1 Å². The van der Waals surface area contributed by atoms with Gasteiger partial charge in [0, 0.05) is 6.61 Å². The second-order valence-corrected chi connectivity index (χ2v) is 3.03. The molecule has 0 saturated heterocycles. The molecule has 0 bridgehead atoms. The van der Waals surface area contributed by atoms with Gasteiger partial charge in [-0.05, 0) is 12.1 Å². The maximum Gasteiger partial charge on any atom is 1.00 e. The van der Waals surface area contributed by atoms with E-state index in [4.69, 9.17) is 9.92 Å². The zero-order valence-electron chi connectivity index (χ0n) is 7.70. The van der Waals surface area contributed by atoms with Gasteiger partial charge in [-0.25, -0.2) is 9.65 Å². The Kier molecular flexibility index (Phi) is 3.35. The van der Waals surface area contributed by atoms with E-state index in [9.17, 15) is 9.41 Å². The Balaban J connectivity index is 0.000000980. The van der Waals surface area contributed by atoms with Crippen molar-refractivity contribution >= 4 is 12.0 Å². The summed E-state index contributed by atoms with van der Waals surface area (Å²) in [5.41, 5.74) is 0.938. The Bertz CT molecular complexity index is 409. The number of nitrogens with zero attached hydrogens (tertiary/aromatic N) is 1. The van der Waals surface area contributed by atoms with E-state index < -0.39 is 6.55 Å². The van der Waals surface area contributed by atoms with Gasteiger partial charge in [0.15, 0.2) is 0 Å². The van der Waals surface area contributed by atoms with Gasteiger partial charge in [-0.3, -0.25) is 0 Å². The summed E-state index contributed by atoms with van der Waals surface area (Å²) in [5, 5.41) is 18.3. The van der Waals surface area contributed by atoms with Crippen LogP contribution in [0.2, 0.25) is 0 Å². The average Bonchev–Trinajstić information content (AvgIpc) is 2.45. The molecule has 0 spiro atoms. The number of nitriles is 1. The summed E-state index contributed by atoms with van der Waals surface area (Å²) in [6, 6.07) is 3.87. The van der Waals surface area contributed by atoms with Crippen LogP contribution in [0.1, 0.15) is 5.56 Å². The summed E-state index contributed by atoms with van der Waals surface area (Å²) >= 11 is 0. The molecule has 0 aromatic heterocycles. The van der Waals surface area contributed by atoms with Gasteiger partial charge < -0.3 is 9.68 Å². The molecule has 0 amide bonds. The van der Waals surface area contributed by atoms with Crippen molar-refractivity contribution in [3.8, 4) is 5.97 Å². The van der Waals surface area contributed by atoms with Crippen LogP contribution in [0.25, 0.3) is 0 Å². The van der Waals surface area contributed by atoms with Crippen LogP contribution < -0.4 is 35.0 Å². The first-order chi connectivity index (χ1) is 6.15. The summed E-state index contributed by atoms with van der Waals surface area (Å²) in [6.07, 6.45) is 0. The van der Waals surface area contributed by atoms with Gasteiger partial charge in [0.2, 0.25) is 0 Å². The molecule has 0 radical (unpaired) electrons. The van der Waals surface area contributed by atoms with Gasteiger partial charge in [0.25, 0.3) is 0 Å². The van der Waals surface area contributed by atoms with Crippen LogP contribution in [0.15, 0.2) is 18.2 Å². The molecule has 66 valence electrons. The van der Waals surface area contributed by atoms with E-state index >= 15 is 0 Å². The first-order valence-electron chi connectivity index (χ1n) is 3.86. The third kappa shape index (κ3) is 1.72. The van der Waals surface area contributed by atoms with Crippen LogP contribution >= 0.6 is 0 Å². The van der Waals surface area contributed by atoms with E-state index in [1.165, 1.54) is 18.2 Å². The minimum atomic E-state index is -2.56. The van der Waals surface area contributed by atoms with E-state index in [1.807, 2.05) is 0 Å². The molecular formula is C8H6BFNNaO2. The van der Waals surface area contributed by atoms with E-state index in [1.54, 1.807) is 5.97 Å². The van der Waals surface area contributed by atoms with Crippen molar-refractivity contribution in [1.82, 2.24) is 0 Å². The molecule has 1 aliphatic rings. The summed E-state index contributed by atoms with van der Waals surface area (Å²) in [5.74, 6) is 1.30.